The van der Waals surface area contributed by atoms with E-state index >= 15 is 0 Å². The van der Waals surface area contributed by atoms with E-state index in [1.165, 1.54) is 37.8 Å². The van der Waals surface area contributed by atoms with E-state index in [0.717, 1.165) is 77.4 Å². The van der Waals surface area contributed by atoms with Crippen LogP contribution in [0, 0.1) is 0 Å². The van der Waals surface area contributed by atoms with E-state index in [0.29, 0.717) is 21.6 Å². The van der Waals surface area contributed by atoms with Crippen molar-refractivity contribution in [2.45, 2.75) is 42.7 Å². The van der Waals surface area contributed by atoms with Crippen LogP contribution in [-0.4, -0.2) is 69.0 Å². The Kier molecular flexibility index (Phi) is 16.7. The highest BCUT2D eigenvalue weighted by molar-refractivity contribution is 7.88. The van der Waals surface area contributed by atoms with Crippen molar-refractivity contribution in [3.05, 3.63) is 99.0 Å². The molecule has 59 heavy (non-hydrogen) atoms. The molecule has 2 aliphatic rings. The Morgan fingerprint density at radius 3 is 1.37 bits per heavy atom. The highest BCUT2D eigenvalue weighted by Crippen LogP contribution is 2.32. The number of fused-ring (bicyclic) bond motifs is 2. The lowest BCUT2D eigenvalue weighted by Crippen LogP contribution is -2.29. The molecule has 17 nitrogen and oxygen atoms in total. The van der Waals surface area contributed by atoms with Gasteiger partial charge in [0, 0.05) is 70.2 Å². The standard InChI is InChI=1S/C18H17NO5S2.C18H17NO2S.2CO2.H2O4S/c20-18-14(16-6-7-17(25-16)26(21,22)23)10-12-4-5-13(11-15(12)24-18)19-8-2-1-3-9-19;20-18-15(17-5-4-10-22-17)11-13-6-7-14(12-16(13)21-18)19-8-2-1-3-9-19;2*2-1-3;1-5(2,3)4/h4-7,10-11H,1-3,8-9H2,(H,21,22,23);4-7,10-12H,1-3,8-9H2;;;(H2,1,2,3,4). The molecule has 0 spiro atoms. The van der Waals surface area contributed by atoms with Crippen molar-refractivity contribution < 1.29 is 58.5 Å². The first-order chi connectivity index (χ1) is 28.1. The molecule has 2 fully saturated rings. The first kappa shape index (κ1) is 46.1. The van der Waals surface area contributed by atoms with Crippen LogP contribution >= 0.6 is 22.7 Å². The number of carbonyl (C=O) groups excluding carboxylic acids is 4. The highest BCUT2D eigenvalue weighted by atomic mass is 32.3. The molecule has 4 aromatic heterocycles. The predicted molar refractivity (Wildman–Crippen MR) is 218 cm³/mol. The van der Waals surface area contributed by atoms with Crippen LogP contribution in [0.3, 0.4) is 0 Å². The van der Waals surface area contributed by atoms with Gasteiger partial charge in [0.15, 0.2) is 0 Å². The van der Waals surface area contributed by atoms with E-state index in [4.69, 9.17) is 50.1 Å². The number of piperidine rings is 2. The largest absolute Gasteiger partial charge is 0.422 e. The lowest BCUT2D eigenvalue weighted by atomic mass is 10.1. The minimum absolute atomic E-state index is 0.201. The molecule has 2 aliphatic heterocycles. The number of hydrogen-bond donors (Lipinski definition) is 3. The second-order valence-electron chi connectivity index (χ2n) is 12.6. The number of benzene rings is 2. The van der Waals surface area contributed by atoms with Crippen molar-refractivity contribution in [1.82, 2.24) is 0 Å². The summed E-state index contributed by atoms with van der Waals surface area (Å²) in [7, 11) is -8.95. The second kappa shape index (κ2) is 21.4. The zero-order valence-electron chi connectivity index (χ0n) is 30.8. The van der Waals surface area contributed by atoms with E-state index in [9.17, 15) is 18.0 Å². The summed E-state index contributed by atoms with van der Waals surface area (Å²) in [6.45, 7) is 4.18. The molecule has 2 saturated heterocycles. The van der Waals surface area contributed by atoms with E-state index in [-0.39, 0.29) is 27.7 Å². The normalized spacial score (nSPS) is 13.8. The first-order valence-electron chi connectivity index (χ1n) is 17.5. The summed E-state index contributed by atoms with van der Waals surface area (Å²) >= 11 is 2.39. The molecule has 0 atom stereocenters. The van der Waals surface area contributed by atoms with E-state index in [2.05, 4.69) is 21.9 Å². The molecule has 2 aromatic carbocycles. The molecule has 312 valence electrons. The van der Waals surface area contributed by atoms with Crippen LogP contribution < -0.4 is 21.1 Å². The molecule has 0 amide bonds. The molecule has 0 saturated carbocycles. The van der Waals surface area contributed by atoms with Gasteiger partial charge in [0.2, 0.25) is 0 Å². The van der Waals surface area contributed by atoms with Crippen LogP contribution in [0.4, 0.5) is 11.4 Å². The maximum Gasteiger partial charge on any atom is 0.394 e. The molecule has 0 unspecified atom stereocenters. The number of hydrogen-bond acceptors (Lipinski definition) is 16. The molecular weight excluding hydrogens is 853 g/mol. The Hall–Kier alpha value is -5.60. The molecular formula is C38H36N2O15S4. The van der Waals surface area contributed by atoms with Crippen LogP contribution in [-0.2, 0) is 39.7 Å². The van der Waals surface area contributed by atoms with Crippen molar-refractivity contribution in [3.63, 3.8) is 0 Å². The van der Waals surface area contributed by atoms with Gasteiger partial charge in [0.25, 0.3) is 0 Å². The predicted octanol–water partition coefficient (Wildman–Crippen LogP) is 6.45. The van der Waals surface area contributed by atoms with Crippen LogP contribution in [0.25, 0.3) is 42.8 Å². The quantitative estimate of drug-likeness (QED) is 0.124. The molecule has 0 radical (unpaired) electrons. The average Bonchev–Trinajstić information content (AvgIpc) is 3.92. The zero-order chi connectivity index (χ0) is 43.2. The average molecular weight is 889 g/mol. The van der Waals surface area contributed by atoms with E-state index in [1.54, 1.807) is 17.4 Å². The van der Waals surface area contributed by atoms with Crippen molar-refractivity contribution in [2.24, 2.45) is 0 Å². The van der Waals surface area contributed by atoms with Gasteiger partial charge in [0.05, 0.1) is 11.1 Å². The third kappa shape index (κ3) is 13.7. The molecule has 0 bridgehead atoms. The second-order valence-corrected chi connectivity index (χ2v) is 17.2. The van der Waals surface area contributed by atoms with Crippen LogP contribution in [0.5, 0.6) is 0 Å². The third-order valence-corrected chi connectivity index (χ3v) is 12.1. The fourth-order valence-electron chi connectivity index (χ4n) is 6.28. The van der Waals surface area contributed by atoms with Gasteiger partial charge >= 0.3 is 44.1 Å². The molecule has 3 N–H and O–H groups in total. The van der Waals surface area contributed by atoms with Gasteiger partial charge in [-0.1, -0.05) is 6.07 Å². The smallest absolute Gasteiger partial charge is 0.394 e. The SMILES string of the molecule is O=C=O.O=C=O.O=S(=O)(O)O.O=c1oc2cc(N3CCCCC3)ccc2cc1-c1ccc(S(=O)(=O)O)s1.O=c1oc2cc(N3CCCCC3)ccc2cc1-c1cccs1. The Balaban J connectivity index is 0.000000211. The lowest BCUT2D eigenvalue weighted by Gasteiger charge is -2.28. The van der Waals surface area contributed by atoms with Gasteiger partial charge in [0.1, 0.15) is 15.4 Å². The van der Waals surface area contributed by atoms with Crippen molar-refractivity contribution in [3.8, 4) is 20.9 Å². The van der Waals surface area contributed by atoms with Gasteiger partial charge in [-0.05, 0) is 98.5 Å². The summed E-state index contributed by atoms with van der Waals surface area (Å²) in [6, 6.07) is 22.3. The summed E-state index contributed by atoms with van der Waals surface area (Å²) in [4.78, 5) is 63.2. The monoisotopic (exact) mass is 888 g/mol. The van der Waals surface area contributed by atoms with Crippen molar-refractivity contribution >= 4 is 88.8 Å². The van der Waals surface area contributed by atoms with E-state index < -0.39 is 26.1 Å². The number of nitrogens with zero attached hydrogens (tertiary/aromatic N) is 2. The Labute approximate surface area is 344 Å². The molecule has 21 heteroatoms. The molecule has 6 aromatic rings. The molecule has 0 aliphatic carbocycles. The minimum atomic E-state index is -4.67. The van der Waals surface area contributed by atoms with Crippen LogP contribution in [0.2, 0.25) is 0 Å². The summed E-state index contributed by atoms with van der Waals surface area (Å²) in [5.41, 5.74) is 3.51. The maximum absolute atomic E-state index is 12.4. The van der Waals surface area contributed by atoms with Crippen LogP contribution in [0.15, 0.2) is 101 Å². The fraction of sp³-hybridized carbons (Fsp3) is 0.263. The van der Waals surface area contributed by atoms with Gasteiger partial charge in [-0.25, -0.2) is 9.59 Å². The van der Waals surface area contributed by atoms with Gasteiger partial charge in [-0.3, -0.25) is 13.7 Å². The maximum atomic E-state index is 12.4. The molecule has 6 heterocycles. The minimum Gasteiger partial charge on any atom is -0.422 e. The van der Waals surface area contributed by atoms with Crippen molar-refractivity contribution in [1.29, 1.82) is 0 Å². The summed E-state index contributed by atoms with van der Waals surface area (Å²) in [5, 5.41) is 3.71. The Morgan fingerprint density at radius 1 is 0.576 bits per heavy atom. The highest BCUT2D eigenvalue weighted by Gasteiger charge is 2.18. The first-order valence-corrected chi connectivity index (χ1v) is 22.0. The topological polar surface area (TPSA) is 264 Å². The number of rotatable bonds is 5. The Morgan fingerprint density at radius 2 is 1.00 bits per heavy atom. The summed E-state index contributed by atoms with van der Waals surface area (Å²) < 4.78 is 74.0. The third-order valence-electron chi connectivity index (χ3n) is 8.77. The summed E-state index contributed by atoms with van der Waals surface area (Å²) in [6.07, 6.45) is 7.85. The van der Waals surface area contributed by atoms with Gasteiger partial charge in [-0.15, -0.1) is 22.7 Å². The Bertz CT molecular complexity index is 2730. The van der Waals surface area contributed by atoms with E-state index in [1.807, 2.05) is 47.8 Å². The van der Waals surface area contributed by atoms with Gasteiger partial charge in [-0.2, -0.15) is 36.0 Å². The van der Waals surface area contributed by atoms with Crippen molar-refractivity contribution in [2.75, 3.05) is 36.0 Å². The summed E-state index contributed by atoms with van der Waals surface area (Å²) in [5.74, 6) is 0. The van der Waals surface area contributed by atoms with Crippen LogP contribution in [0.1, 0.15) is 38.5 Å². The van der Waals surface area contributed by atoms with Gasteiger partial charge < -0.3 is 18.6 Å². The molecule has 8 rings (SSSR count). The zero-order valence-corrected chi connectivity index (χ0v) is 34.1. The number of anilines is 2. The fourth-order valence-corrected chi connectivity index (χ4v) is 8.68. The lowest BCUT2D eigenvalue weighted by molar-refractivity contribution is -0.193. The number of thiophene rings is 2.